The lowest BCUT2D eigenvalue weighted by Gasteiger charge is -2.21. The van der Waals surface area contributed by atoms with Crippen LogP contribution in [0.5, 0.6) is 0 Å². The van der Waals surface area contributed by atoms with Crippen LogP contribution >= 0.6 is 15.9 Å². The van der Waals surface area contributed by atoms with Gasteiger partial charge < -0.3 is 0 Å². The fourth-order valence-corrected chi connectivity index (χ4v) is 2.11. The Kier molecular flexibility index (Phi) is 2.93. The van der Waals surface area contributed by atoms with E-state index in [1.165, 1.54) is 11.6 Å². The van der Waals surface area contributed by atoms with Crippen LogP contribution < -0.4 is 0 Å². The fourth-order valence-electron chi connectivity index (χ4n) is 1.44. The Labute approximate surface area is 94.6 Å². The van der Waals surface area contributed by atoms with Crippen molar-refractivity contribution in [2.75, 3.05) is 0 Å². The summed E-state index contributed by atoms with van der Waals surface area (Å²) in [4.78, 5) is 0. The molecule has 0 radical (unpaired) electrons. The average molecular weight is 285 g/mol. The van der Waals surface area contributed by atoms with Crippen molar-refractivity contribution in [2.24, 2.45) is 0 Å². The van der Waals surface area contributed by atoms with Gasteiger partial charge in [-0.3, -0.25) is 4.68 Å². The van der Waals surface area contributed by atoms with Crippen LogP contribution in [-0.4, -0.2) is 9.78 Å². The van der Waals surface area contributed by atoms with Gasteiger partial charge in [-0.1, -0.05) is 0 Å². The standard InChI is InChI=1S/C9H12BrF3N2/c1-5-6(9(11,12)13)7(10)14-15(5)8(2,3)4/h1-4H3. The van der Waals surface area contributed by atoms with E-state index in [4.69, 9.17) is 0 Å². The van der Waals surface area contributed by atoms with Crippen LogP contribution in [-0.2, 0) is 11.7 Å². The zero-order valence-electron chi connectivity index (χ0n) is 8.91. The molecule has 0 aromatic carbocycles. The molecule has 2 nitrogen and oxygen atoms in total. The van der Waals surface area contributed by atoms with Crippen molar-refractivity contribution in [3.63, 3.8) is 0 Å². The zero-order valence-corrected chi connectivity index (χ0v) is 10.5. The lowest BCUT2D eigenvalue weighted by atomic mass is 10.1. The number of hydrogen-bond acceptors (Lipinski definition) is 1. The van der Waals surface area contributed by atoms with Crippen molar-refractivity contribution < 1.29 is 13.2 Å². The molecule has 0 aliphatic rings. The Bertz CT molecular complexity index is 374. The second-order valence-electron chi connectivity index (χ2n) is 4.33. The SMILES string of the molecule is Cc1c(C(F)(F)F)c(Br)nn1C(C)(C)C. The molecule has 1 aromatic heterocycles. The Morgan fingerprint density at radius 3 is 1.87 bits per heavy atom. The molecule has 0 atom stereocenters. The number of aromatic nitrogens is 2. The summed E-state index contributed by atoms with van der Waals surface area (Å²) in [6.07, 6.45) is -4.37. The van der Waals surface area contributed by atoms with E-state index in [1.54, 1.807) is 20.8 Å². The maximum atomic E-state index is 12.6. The van der Waals surface area contributed by atoms with Crippen LogP contribution in [0.3, 0.4) is 0 Å². The molecule has 0 fully saturated rings. The first-order valence-electron chi connectivity index (χ1n) is 4.38. The molecule has 0 saturated heterocycles. The van der Waals surface area contributed by atoms with Gasteiger partial charge in [0, 0.05) is 5.69 Å². The molecule has 15 heavy (non-hydrogen) atoms. The van der Waals surface area contributed by atoms with Gasteiger partial charge in [-0.25, -0.2) is 0 Å². The molecule has 1 aromatic rings. The van der Waals surface area contributed by atoms with Crippen molar-refractivity contribution in [3.8, 4) is 0 Å². The van der Waals surface area contributed by atoms with Gasteiger partial charge in [-0.15, -0.1) is 0 Å². The van der Waals surface area contributed by atoms with E-state index in [-0.39, 0.29) is 10.3 Å². The number of nitrogens with zero attached hydrogens (tertiary/aromatic N) is 2. The maximum Gasteiger partial charge on any atom is 0.420 e. The third-order valence-corrected chi connectivity index (χ3v) is 2.55. The van der Waals surface area contributed by atoms with E-state index in [2.05, 4.69) is 21.0 Å². The van der Waals surface area contributed by atoms with Gasteiger partial charge in [0.25, 0.3) is 0 Å². The highest BCUT2D eigenvalue weighted by molar-refractivity contribution is 9.10. The summed E-state index contributed by atoms with van der Waals surface area (Å²) in [5, 5.41) is 3.86. The average Bonchev–Trinajstić information content (AvgIpc) is 2.22. The molecular formula is C9H12BrF3N2. The summed E-state index contributed by atoms with van der Waals surface area (Å²) < 4.78 is 39.1. The van der Waals surface area contributed by atoms with Crippen molar-refractivity contribution in [1.82, 2.24) is 9.78 Å². The van der Waals surface area contributed by atoms with E-state index < -0.39 is 17.3 Å². The van der Waals surface area contributed by atoms with E-state index >= 15 is 0 Å². The first-order valence-corrected chi connectivity index (χ1v) is 5.17. The first-order chi connectivity index (χ1) is 6.55. The van der Waals surface area contributed by atoms with Gasteiger partial charge in [0.15, 0.2) is 0 Å². The predicted octanol–water partition coefficient (Wildman–Crippen LogP) is 3.73. The van der Waals surface area contributed by atoms with Crippen molar-refractivity contribution in [2.45, 2.75) is 39.4 Å². The highest BCUT2D eigenvalue weighted by atomic mass is 79.9. The molecule has 0 amide bonds. The number of halogens is 4. The molecule has 6 heteroatoms. The Morgan fingerprint density at radius 1 is 1.20 bits per heavy atom. The second-order valence-corrected chi connectivity index (χ2v) is 5.08. The van der Waals surface area contributed by atoms with Gasteiger partial charge >= 0.3 is 6.18 Å². The fraction of sp³-hybridized carbons (Fsp3) is 0.667. The third-order valence-electron chi connectivity index (χ3n) is 1.99. The number of hydrogen-bond donors (Lipinski definition) is 0. The van der Waals surface area contributed by atoms with Crippen LogP contribution in [0.15, 0.2) is 4.60 Å². The first kappa shape index (κ1) is 12.5. The monoisotopic (exact) mass is 284 g/mol. The van der Waals surface area contributed by atoms with Gasteiger partial charge in [0.05, 0.1) is 5.54 Å². The summed E-state index contributed by atoms with van der Waals surface area (Å²) in [6, 6.07) is 0. The topological polar surface area (TPSA) is 17.8 Å². The Morgan fingerprint density at radius 2 is 1.67 bits per heavy atom. The van der Waals surface area contributed by atoms with Gasteiger partial charge in [-0.05, 0) is 43.6 Å². The summed E-state index contributed by atoms with van der Waals surface area (Å²) >= 11 is 2.84. The van der Waals surface area contributed by atoms with Crippen LogP contribution in [0.1, 0.15) is 32.0 Å². The highest BCUT2D eigenvalue weighted by Crippen LogP contribution is 2.38. The van der Waals surface area contributed by atoms with Crippen LogP contribution in [0.2, 0.25) is 0 Å². The molecule has 0 spiro atoms. The molecule has 0 bridgehead atoms. The minimum absolute atomic E-state index is 0.127. The molecule has 0 aliphatic carbocycles. The predicted molar refractivity (Wildman–Crippen MR) is 54.7 cm³/mol. The summed E-state index contributed by atoms with van der Waals surface area (Å²) in [7, 11) is 0. The molecule has 0 saturated carbocycles. The van der Waals surface area contributed by atoms with E-state index in [1.807, 2.05) is 0 Å². The van der Waals surface area contributed by atoms with E-state index in [0.717, 1.165) is 0 Å². The van der Waals surface area contributed by atoms with Gasteiger partial charge in [0.2, 0.25) is 0 Å². The van der Waals surface area contributed by atoms with Crippen LogP contribution in [0.25, 0.3) is 0 Å². The van der Waals surface area contributed by atoms with Gasteiger partial charge in [-0.2, -0.15) is 18.3 Å². The van der Waals surface area contributed by atoms with Gasteiger partial charge in [0.1, 0.15) is 10.2 Å². The van der Waals surface area contributed by atoms with E-state index in [0.29, 0.717) is 0 Å². The minimum atomic E-state index is -4.37. The molecule has 1 rings (SSSR count). The van der Waals surface area contributed by atoms with Crippen molar-refractivity contribution >= 4 is 15.9 Å². The number of rotatable bonds is 0. The van der Waals surface area contributed by atoms with Crippen molar-refractivity contribution in [3.05, 3.63) is 15.9 Å². The summed E-state index contributed by atoms with van der Waals surface area (Å²) in [5.74, 6) is 0. The normalized spacial score (nSPS) is 13.3. The molecule has 86 valence electrons. The summed E-state index contributed by atoms with van der Waals surface area (Å²) in [5.41, 5.74) is -1.03. The quantitative estimate of drug-likeness (QED) is 0.710. The van der Waals surface area contributed by atoms with Crippen LogP contribution in [0, 0.1) is 6.92 Å². The van der Waals surface area contributed by atoms with E-state index in [9.17, 15) is 13.2 Å². The Hall–Kier alpha value is -0.520. The van der Waals surface area contributed by atoms with Crippen molar-refractivity contribution in [1.29, 1.82) is 0 Å². The Balaban J connectivity index is 3.41. The molecular weight excluding hydrogens is 273 g/mol. The minimum Gasteiger partial charge on any atom is -0.263 e. The largest absolute Gasteiger partial charge is 0.420 e. The lowest BCUT2D eigenvalue weighted by molar-refractivity contribution is -0.138. The zero-order chi connectivity index (χ0) is 12.0. The molecule has 0 N–H and O–H groups in total. The molecule has 0 aliphatic heterocycles. The lowest BCUT2D eigenvalue weighted by Crippen LogP contribution is -2.24. The maximum absolute atomic E-state index is 12.6. The highest BCUT2D eigenvalue weighted by Gasteiger charge is 2.39. The van der Waals surface area contributed by atoms with Crippen LogP contribution in [0.4, 0.5) is 13.2 Å². The molecule has 0 unspecified atom stereocenters. The molecule has 1 heterocycles. The second kappa shape index (κ2) is 3.50. The summed E-state index contributed by atoms with van der Waals surface area (Å²) in [6.45, 7) is 6.84. The number of alkyl halides is 3. The third kappa shape index (κ3) is 2.35. The smallest absolute Gasteiger partial charge is 0.263 e.